The van der Waals surface area contributed by atoms with Crippen LogP contribution in [0.2, 0.25) is 0 Å². The molecule has 0 saturated heterocycles. The lowest BCUT2D eigenvalue weighted by Crippen LogP contribution is -2.21. The van der Waals surface area contributed by atoms with Gasteiger partial charge in [0.1, 0.15) is 5.75 Å². The van der Waals surface area contributed by atoms with E-state index in [1.165, 1.54) is 12.3 Å². The van der Waals surface area contributed by atoms with Crippen LogP contribution in [-0.4, -0.2) is 35.6 Å². The number of ether oxygens (including phenoxy) is 2. The molecule has 25 heavy (non-hydrogen) atoms. The number of hydrogen-bond acceptors (Lipinski definition) is 5. The van der Waals surface area contributed by atoms with Crippen molar-refractivity contribution in [2.24, 2.45) is 0 Å². The Hall–Kier alpha value is -2.67. The van der Waals surface area contributed by atoms with Crippen molar-refractivity contribution < 1.29 is 23.3 Å². The van der Waals surface area contributed by atoms with Crippen LogP contribution in [0.25, 0.3) is 0 Å². The molecule has 0 bridgehead atoms. The van der Waals surface area contributed by atoms with Gasteiger partial charge < -0.3 is 14.8 Å². The lowest BCUT2D eigenvalue weighted by atomic mass is 10.2. The molecule has 0 radical (unpaired) electrons. The summed E-state index contributed by atoms with van der Waals surface area (Å²) in [6, 6.07) is 13.4. The predicted molar refractivity (Wildman–Crippen MR) is 95.3 cm³/mol. The predicted octanol–water partition coefficient (Wildman–Crippen LogP) is 2.62. The lowest BCUT2D eigenvalue weighted by Gasteiger charge is -2.12. The summed E-state index contributed by atoms with van der Waals surface area (Å²) in [5.74, 6) is -0.647. The van der Waals surface area contributed by atoms with Crippen LogP contribution in [0.15, 0.2) is 53.4 Å². The Balaban J connectivity index is 1.99. The molecule has 0 spiro atoms. The van der Waals surface area contributed by atoms with Gasteiger partial charge in [-0.05, 0) is 31.2 Å². The summed E-state index contributed by atoms with van der Waals surface area (Å²) >= 11 is 0. The number of nitrogens with one attached hydrogen (secondary N) is 1. The van der Waals surface area contributed by atoms with E-state index in [4.69, 9.17) is 9.47 Å². The molecule has 2 rings (SSSR count). The summed E-state index contributed by atoms with van der Waals surface area (Å²) < 4.78 is 22.1. The molecule has 6 nitrogen and oxygen atoms in total. The highest BCUT2D eigenvalue weighted by molar-refractivity contribution is 7.84. The summed E-state index contributed by atoms with van der Waals surface area (Å²) in [5, 5.41) is 2.64. The van der Waals surface area contributed by atoms with E-state index >= 15 is 0 Å². The summed E-state index contributed by atoms with van der Waals surface area (Å²) in [6.07, 6.45) is 1.48. The van der Waals surface area contributed by atoms with E-state index in [0.717, 1.165) is 0 Å². The van der Waals surface area contributed by atoms with Crippen LogP contribution in [-0.2, 0) is 20.3 Å². The van der Waals surface area contributed by atoms with Gasteiger partial charge in [-0.1, -0.05) is 24.3 Å². The topological polar surface area (TPSA) is 81.7 Å². The summed E-state index contributed by atoms with van der Waals surface area (Å²) in [6.45, 7) is 1.85. The molecule has 0 aliphatic heterocycles. The van der Waals surface area contributed by atoms with Gasteiger partial charge in [0.25, 0.3) is 5.91 Å². The van der Waals surface area contributed by atoms with Crippen LogP contribution in [0, 0.1) is 0 Å². The van der Waals surface area contributed by atoms with E-state index in [-0.39, 0.29) is 5.56 Å². The molecule has 1 atom stereocenters. The van der Waals surface area contributed by atoms with Crippen molar-refractivity contribution in [3.05, 3.63) is 54.1 Å². The molecule has 0 aliphatic carbocycles. The number of benzene rings is 2. The van der Waals surface area contributed by atoms with Crippen LogP contribution in [0.5, 0.6) is 5.75 Å². The van der Waals surface area contributed by atoms with Gasteiger partial charge in [-0.3, -0.25) is 9.00 Å². The minimum absolute atomic E-state index is 0.186. The average Bonchev–Trinajstić information content (AvgIpc) is 2.61. The maximum atomic E-state index is 12.1. The Labute approximate surface area is 148 Å². The molecule has 0 fully saturated rings. The summed E-state index contributed by atoms with van der Waals surface area (Å²) in [5.41, 5.74) is 0.686. The molecule has 2 aromatic carbocycles. The number of rotatable bonds is 7. The van der Waals surface area contributed by atoms with Crippen LogP contribution < -0.4 is 10.1 Å². The Morgan fingerprint density at radius 1 is 1.08 bits per heavy atom. The second kappa shape index (κ2) is 8.98. The Bertz CT molecular complexity index is 791. The highest BCUT2D eigenvalue weighted by atomic mass is 32.2. The van der Waals surface area contributed by atoms with Gasteiger partial charge in [-0.2, -0.15) is 0 Å². The van der Waals surface area contributed by atoms with E-state index in [0.29, 0.717) is 22.9 Å². The van der Waals surface area contributed by atoms with Gasteiger partial charge in [-0.25, -0.2) is 4.79 Å². The van der Waals surface area contributed by atoms with Gasteiger partial charge in [0.05, 0.1) is 33.6 Å². The smallest absolute Gasteiger partial charge is 0.339 e. The molecule has 1 N–H and O–H groups in total. The number of para-hydroxylation sites is 2. The first-order valence-electron chi connectivity index (χ1n) is 7.64. The fourth-order valence-electron chi connectivity index (χ4n) is 2.13. The molecular weight excluding hydrogens is 342 g/mol. The van der Waals surface area contributed by atoms with Gasteiger partial charge in [-0.15, -0.1) is 0 Å². The number of amides is 1. The standard InChI is InChI=1S/C18H19NO5S/c1-3-23-15-10-6-5-9-14(15)19-17(20)12-24-18(21)13-8-4-7-11-16(13)25(2)22/h4-11H,3,12H2,1-2H3,(H,19,20)/t25-/m1/s1. The van der Waals surface area contributed by atoms with Crippen LogP contribution >= 0.6 is 0 Å². The van der Waals surface area contributed by atoms with Crippen LogP contribution in [0.4, 0.5) is 5.69 Å². The highest BCUT2D eigenvalue weighted by Gasteiger charge is 2.16. The average molecular weight is 361 g/mol. The minimum atomic E-state index is -1.33. The third kappa shape index (κ3) is 5.15. The molecule has 0 heterocycles. The molecular formula is C18H19NO5S. The zero-order valence-electron chi connectivity index (χ0n) is 14.0. The van der Waals surface area contributed by atoms with E-state index in [1.54, 1.807) is 42.5 Å². The summed E-state index contributed by atoms with van der Waals surface area (Å²) in [7, 11) is -1.33. The van der Waals surface area contributed by atoms with Crippen molar-refractivity contribution in [1.82, 2.24) is 0 Å². The molecule has 0 saturated carbocycles. The summed E-state index contributed by atoms with van der Waals surface area (Å²) in [4.78, 5) is 24.5. The first kappa shape index (κ1) is 18.7. The number of anilines is 1. The molecule has 132 valence electrons. The largest absolute Gasteiger partial charge is 0.492 e. The Morgan fingerprint density at radius 3 is 2.48 bits per heavy atom. The SMILES string of the molecule is CCOc1ccccc1NC(=O)COC(=O)c1ccccc1[S@@](C)=O. The number of carbonyl (C=O) groups is 2. The second-order valence-corrected chi connectivity index (χ2v) is 6.35. The third-order valence-electron chi connectivity index (χ3n) is 3.21. The molecule has 1 amide bonds. The van der Waals surface area contributed by atoms with Gasteiger partial charge in [0, 0.05) is 6.26 Å². The van der Waals surface area contributed by atoms with Gasteiger partial charge in [0.15, 0.2) is 6.61 Å². The van der Waals surface area contributed by atoms with E-state index < -0.39 is 29.3 Å². The first-order chi connectivity index (χ1) is 12.0. The fourth-order valence-corrected chi connectivity index (χ4v) is 2.86. The molecule has 0 aromatic heterocycles. The van der Waals surface area contributed by atoms with Crippen molar-refractivity contribution >= 4 is 28.4 Å². The first-order valence-corrected chi connectivity index (χ1v) is 9.20. The highest BCUT2D eigenvalue weighted by Crippen LogP contribution is 2.23. The zero-order valence-corrected chi connectivity index (χ0v) is 14.8. The van der Waals surface area contributed by atoms with Crippen molar-refractivity contribution in [2.45, 2.75) is 11.8 Å². The van der Waals surface area contributed by atoms with Gasteiger partial charge in [0.2, 0.25) is 0 Å². The van der Waals surface area contributed by atoms with Crippen molar-refractivity contribution in [1.29, 1.82) is 0 Å². The minimum Gasteiger partial charge on any atom is -0.492 e. The van der Waals surface area contributed by atoms with E-state index in [9.17, 15) is 13.8 Å². The lowest BCUT2D eigenvalue weighted by molar-refractivity contribution is -0.119. The molecule has 7 heteroatoms. The van der Waals surface area contributed by atoms with E-state index in [2.05, 4.69) is 5.32 Å². The maximum Gasteiger partial charge on any atom is 0.339 e. The third-order valence-corrected chi connectivity index (χ3v) is 4.19. The maximum absolute atomic E-state index is 12.1. The fraction of sp³-hybridized carbons (Fsp3) is 0.222. The molecule has 0 unspecified atom stereocenters. The van der Waals surface area contributed by atoms with Crippen molar-refractivity contribution in [3.63, 3.8) is 0 Å². The molecule has 2 aromatic rings. The Kier molecular flexibility index (Phi) is 6.71. The normalized spacial score (nSPS) is 11.4. The van der Waals surface area contributed by atoms with Crippen molar-refractivity contribution in [3.8, 4) is 5.75 Å². The van der Waals surface area contributed by atoms with Crippen LogP contribution in [0.1, 0.15) is 17.3 Å². The monoisotopic (exact) mass is 361 g/mol. The second-order valence-electron chi connectivity index (χ2n) is 5.00. The zero-order chi connectivity index (χ0) is 18.2. The number of esters is 1. The molecule has 0 aliphatic rings. The number of carbonyl (C=O) groups excluding carboxylic acids is 2. The van der Waals surface area contributed by atoms with Gasteiger partial charge >= 0.3 is 5.97 Å². The van der Waals surface area contributed by atoms with Crippen molar-refractivity contribution in [2.75, 3.05) is 24.8 Å². The number of hydrogen-bond donors (Lipinski definition) is 1. The Morgan fingerprint density at radius 2 is 1.76 bits per heavy atom. The van der Waals surface area contributed by atoms with Crippen LogP contribution in [0.3, 0.4) is 0 Å². The quantitative estimate of drug-likeness (QED) is 0.767. The van der Waals surface area contributed by atoms with E-state index in [1.807, 2.05) is 6.92 Å².